The van der Waals surface area contributed by atoms with E-state index >= 15 is 0 Å². The number of rotatable bonds is 8. The molecule has 0 aliphatic heterocycles. The molecule has 15 heavy (non-hydrogen) atoms. The average molecular weight is 252 g/mol. The topological polar surface area (TPSA) is 74.6 Å². The fourth-order valence-electron chi connectivity index (χ4n) is 1.41. The van der Waals surface area contributed by atoms with Gasteiger partial charge in [0.25, 0.3) is 0 Å². The summed E-state index contributed by atoms with van der Waals surface area (Å²) in [6.45, 7) is 0. The van der Waals surface area contributed by atoms with Gasteiger partial charge in [-0.2, -0.15) is 25.3 Å². The smallest absolute Gasteiger partial charge is 0.321 e. The van der Waals surface area contributed by atoms with Crippen LogP contribution in [0.5, 0.6) is 0 Å². The van der Waals surface area contributed by atoms with Crippen LogP contribution in [0.25, 0.3) is 0 Å². The van der Waals surface area contributed by atoms with Crippen LogP contribution in [0.2, 0.25) is 0 Å². The van der Waals surface area contributed by atoms with E-state index < -0.39 is 17.4 Å². The quantitative estimate of drug-likeness (QED) is 0.391. The molecule has 6 heteroatoms. The van der Waals surface area contributed by atoms with Gasteiger partial charge in [-0.3, -0.25) is 9.59 Å². The molecule has 0 aromatic rings. The molecule has 2 N–H and O–H groups in total. The monoisotopic (exact) mass is 252 g/mol. The molecule has 0 saturated carbocycles. The minimum atomic E-state index is -1.66. The summed E-state index contributed by atoms with van der Waals surface area (Å²) in [6, 6.07) is 0. The number of thiol groups is 2. The number of carbonyl (C=O) groups is 2. The first-order chi connectivity index (χ1) is 7.01. The van der Waals surface area contributed by atoms with E-state index in [4.69, 9.17) is 10.2 Å². The summed E-state index contributed by atoms with van der Waals surface area (Å²) in [5.41, 5.74) is -1.66. The number of hydrogen-bond donors (Lipinski definition) is 4. The van der Waals surface area contributed by atoms with Gasteiger partial charge in [-0.1, -0.05) is 0 Å². The van der Waals surface area contributed by atoms with Crippen LogP contribution in [-0.4, -0.2) is 33.7 Å². The number of carboxylic acids is 2. The zero-order valence-electron chi connectivity index (χ0n) is 8.35. The maximum Gasteiger partial charge on any atom is 0.321 e. The van der Waals surface area contributed by atoms with Crippen LogP contribution in [-0.2, 0) is 9.59 Å². The summed E-state index contributed by atoms with van der Waals surface area (Å²) in [7, 11) is 0. The lowest BCUT2D eigenvalue weighted by Crippen LogP contribution is -2.39. The summed E-state index contributed by atoms with van der Waals surface area (Å²) >= 11 is 7.92. The fourth-order valence-corrected chi connectivity index (χ4v) is 1.72. The fraction of sp³-hybridized carbons (Fsp3) is 0.778. The van der Waals surface area contributed by atoms with E-state index in [0.29, 0.717) is 24.3 Å². The molecule has 0 radical (unpaired) electrons. The largest absolute Gasteiger partial charge is 0.480 e. The molecule has 0 heterocycles. The van der Waals surface area contributed by atoms with Gasteiger partial charge in [0, 0.05) is 0 Å². The molecule has 0 amide bonds. The lowest BCUT2D eigenvalue weighted by Gasteiger charge is -2.24. The standard InChI is InChI=1S/C9H16O4S2/c10-7(11)9(8(12)13,3-1-5-14)4-2-6-15/h14-15H,1-6H2,(H,10,11)(H,12,13). The molecular formula is C9H16O4S2. The van der Waals surface area contributed by atoms with Crippen LogP contribution in [0.3, 0.4) is 0 Å². The number of hydrogen-bond acceptors (Lipinski definition) is 4. The molecule has 0 rings (SSSR count). The maximum absolute atomic E-state index is 11.0. The van der Waals surface area contributed by atoms with Gasteiger partial charge >= 0.3 is 11.9 Å². The molecule has 0 aliphatic rings. The van der Waals surface area contributed by atoms with Gasteiger partial charge in [-0.25, -0.2) is 0 Å². The Kier molecular flexibility index (Phi) is 6.84. The van der Waals surface area contributed by atoms with E-state index in [1.165, 1.54) is 0 Å². The normalized spacial score (nSPS) is 11.3. The van der Waals surface area contributed by atoms with Crippen molar-refractivity contribution in [1.29, 1.82) is 0 Å². The summed E-state index contributed by atoms with van der Waals surface area (Å²) < 4.78 is 0. The molecule has 0 bridgehead atoms. The van der Waals surface area contributed by atoms with Crippen LogP contribution < -0.4 is 0 Å². The maximum atomic E-state index is 11.0. The van der Waals surface area contributed by atoms with Crippen molar-refractivity contribution in [2.45, 2.75) is 25.7 Å². The Morgan fingerprint density at radius 3 is 1.47 bits per heavy atom. The second-order valence-corrected chi connectivity index (χ2v) is 4.24. The Balaban J connectivity index is 4.73. The lowest BCUT2D eigenvalue weighted by molar-refractivity contribution is -0.165. The first kappa shape index (κ1) is 14.6. The van der Waals surface area contributed by atoms with Crippen LogP contribution in [0.15, 0.2) is 0 Å². The Morgan fingerprint density at radius 2 is 1.27 bits per heavy atom. The molecule has 0 fully saturated rings. The zero-order chi connectivity index (χ0) is 11.9. The second-order valence-electron chi connectivity index (χ2n) is 3.35. The number of aliphatic carboxylic acids is 2. The van der Waals surface area contributed by atoms with E-state index in [-0.39, 0.29) is 12.8 Å². The lowest BCUT2D eigenvalue weighted by atomic mass is 9.79. The second kappa shape index (κ2) is 7.00. The minimum Gasteiger partial charge on any atom is -0.480 e. The van der Waals surface area contributed by atoms with Crippen molar-refractivity contribution in [3.63, 3.8) is 0 Å². The van der Waals surface area contributed by atoms with Gasteiger partial charge in [0.15, 0.2) is 5.41 Å². The SMILES string of the molecule is O=C(O)C(CCCS)(CCCS)C(=O)O. The molecule has 0 aromatic heterocycles. The Hall–Kier alpha value is -0.360. The van der Waals surface area contributed by atoms with Gasteiger partial charge in [-0.05, 0) is 37.2 Å². The highest BCUT2D eigenvalue weighted by Crippen LogP contribution is 2.31. The Morgan fingerprint density at radius 1 is 0.933 bits per heavy atom. The number of carboxylic acid groups (broad SMARTS) is 2. The Labute approximate surface area is 99.9 Å². The first-order valence-corrected chi connectivity index (χ1v) is 5.96. The van der Waals surface area contributed by atoms with Crippen molar-refractivity contribution < 1.29 is 19.8 Å². The van der Waals surface area contributed by atoms with Crippen molar-refractivity contribution in [3.8, 4) is 0 Å². The van der Waals surface area contributed by atoms with E-state index in [9.17, 15) is 9.59 Å². The van der Waals surface area contributed by atoms with Gasteiger partial charge in [-0.15, -0.1) is 0 Å². The minimum absolute atomic E-state index is 0.120. The third kappa shape index (κ3) is 3.95. The highest BCUT2D eigenvalue weighted by Gasteiger charge is 2.45. The molecular weight excluding hydrogens is 236 g/mol. The third-order valence-electron chi connectivity index (χ3n) is 2.34. The van der Waals surface area contributed by atoms with Gasteiger partial charge < -0.3 is 10.2 Å². The summed E-state index contributed by atoms with van der Waals surface area (Å²) in [4.78, 5) is 22.1. The molecule has 4 nitrogen and oxygen atoms in total. The molecule has 0 saturated heterocycles. The first-order valence-electron chi connectivity index (χ1n) is 4.70. The van der Waals surface area contributed by atoms with Crippen molar-refractivity contribution in [2.75, 3.05) is 11.5 Å². The Bertz CT molecular complexity index is 206. The van der Waals surface area contributed by atoms with Crippen molar-refractivity contribution in [3.05, 3.63) is 0 Å². The third-order valence-corrected chi connectivity index (χ3v) is 2.97. The van der Waals surface area contributed by atoms with Crippen LogP contribution in [0, 0.1) is 5.41 Å². The summed E-state index contributed by atoms with van der Waals surface area (Å²) in [5.74, 6) is -1.55. The van der Waals surface area contributed by atoms with Crippen molar-refractivity contribution >= 4 is 37.2 Å². The van der Waals surface area contributed by atoms with Gasteiger partial charge in [0.05, 0.1) is 0 Å². The molecule has 88 valence electrons. The molecule has 0 atom stereocenters. The van der Waals surface area contributed by atoms with Crippen molar-refractivity contribution in [1.82, 2.24) is 0 Å². The van der Waals surface area contributed by atoms with Gasteiger partial charge in [0.2, 0.25) is 0 Å². The molecule has 0 aliphatic carbocycles. The van der Waals surface area contributed by atoms with E-state index in [2.05, 4.69) is 25.3 Å². The van der Waals surface area contributed by atoms with E-state index in [1.54, 1.807) is 0 Å². The summed E-state index contributed by atoms with van der Waals surface area (Å²) in [5, 5.41) is 18.0. The van der Waals surface area contributed by atoms with E-state index in [1.807, 2.05) is 0 Å². The highest BCUT2D eigenvalue weighted by atomic mass is 32.1. The highest BCUT2D eigenvalue weighted by molar-refractivity contribution is 7.80. The zero-order valence-corrected chi connectivity index (χ0v) is 10.1. The average Bonchev–Trinajstić information content (AvgIpc) is 2.17. The predicted octanol–water partition coefficient (Wildman–Crippen LogP) is 1.56. The van der Waals surface area contributed by atoms with Crippen LogP contribution >= 0.6 is 25.3 Å². The van der Waals surface area contributed by atoms with Crippen molar-refractivity contribution in [2.24, 2.45) is 5.41 Å². The summed E-state index contributed by atoms with van der Waals surface area (Å²) in [6.07, 6.45) is 1.20. The molecule has 0 aromatic carbocycles. The van der Waals surface area contributed by atoms with E-state index in [0.717, 1.165) is 0 Å². The molecule has 0 spiro atoms. The van der Waals surface area contributed by atoms with Crippen LogP contribution in [0.1, 0.15) is 25.7 Å². The van der Waals surface area contributed by atoms with Crippen LogP contribution in [0.4, 0.5) is 0 Å². The molecule has 0 unspecified atom stereocenters. The predicted molar refractivity (Wildman–Crippen MR) is 63.9 cm³/mol. The van der Waals surface area contributed by atoms with Gasteiger partial charge in [0.1, 0.15) is 0 Å².